The van der Waals surface area contributed by atoms with Crippen molar-refractivity contribution in [2.24, 2.45) is 0 Å². The Morgan fingerprint density at radius 1 is 0.926 bits per heavy atom. The van der Waals surface area contributed by atoms with Crippen LogP contribution in [-0.4, -0.2) is 45.6 Å². The van der Waals surface area contributed by atoms with Gasteiger partial charge < -0.3 is 24.1 Å². The topological polar surface area (TPSA) is 77.5 Å². The molecule has 0 radical (unpaired) electrons. The van der Waals surface area contributed by atoms with E-state index in [1.807, 2.05) is 0 Å². The van der Waals surface area contributed by atoms with Crippen LogP contribution in [0.1, 0.15) is 11.6 Å². The van der Waals surface area contributed by atoms with Gasteiger partial charge in [-0.2, -0.15) is 0 Å². The summed E-state index contributed by atoms with van der Waals surface area (Å²) < 4.78 is 34.9. The summed E-state index contributed by atoms with van der Waals surface area (Å²) in [7, 11) is 5.76. The van der Waals surface area contributed by atoms with E-state index in [1.54, 1.807) is 18.2 Å². The molecule has 7 nitrogen and oxygen atoms in total. The Hall–Kier alpha value is -3.00. The quantitative estimate of drug-likeness (QED) is 0.779. The smallest absolute Gasteiger partial charge is 0.259 e. The number of ether oxygens (including phenoxy) is 4. The second kappa shape index (κ2) is 7.32. The monoisotopic (exact) mass is 377 g/mol. The number of halogens is 1. The number of amides is 1. The molecule has 0 unspecified atom stereocenters. The van der Waals surface area contributed by atoms with Crippen molar-refractivity contribution in [1.29, 1.82) is 0 Å². The van der Waals surface area contributed by atoms with E-state index in [-0.39, 0.29) is 5.75 Å². The van der Waals surface area contributed by atoms with Gasteiger partial charge in [0.15, 0.2) is 29.2 Å². The lowest BCUT2D eigenvalue weighted by Gasteiger charge is -2.44. The molecule has 144 valence electrons. The van der Waals surface area contributed by atoms with Crippen molar-refractivity contribution in [3.8, 4) is 23.0 Å². The lowest BCUT2D eigenvalue weighted by molar-refractivity contribution is -0.137. The van der Waals surface area contributed by atoms with Crippen LogP contribution in [0.15, 0.2) is 30.3 Å². The molecule has 1 N–H and O–H groups in total. The summed E-state index contributed by atoms with van der Waals surface area (Å²) in [5.41, 5.74) is 0.871. The maximum atomic E-state index is 14.1. The third-order valence-corrected chi connectivity index (χ3v) is 4.51. The van der Waals surface area contributed by atoms with E-state index in [1.165, 1.54) is 45.5 Å². The number of carbonyl (C=O) groups is 1. The summed E-state index contributed by atoms with van der Waals surface area (Å²) in [5.74, 6) is 0.0980. The van der Waals surface area contributed by atoms with Crippen molar-refractivity contribution in [1.82, 2.24) is 0 Å². The average Bonchev–Trinajstić information content (AvgIpc) is 2.69. The highest BCUT2D eigenvalue weighted by Gasteiger charge is 2.48. The Labute approximate surface area is 155 Å². The molecule has 27 heavy (non-hydrogen) atoms. The number of aliphatic hydroxyl groups excluding tert-OH is 1. The predicted molar refractivity (Wildman–Crippen MR) is 95.3 cm³/mol. The van der Waals surface area contributed by atoms with Crippen molar-refractivity contribution in [3.63, 3.8) is 0 Å². The van der Waals surface area contributed by atoms with Crippen molar-refractivity contribution >= 4 is 11.6 Å². The van der Waals surface area contributed by atoms with Crippen LogP contribution < -0.4 is 23.8 Å². The molecular weight excluding hydrogens is 357 g/mol. The van der Waals surface area contributed by atoms with Crippen molar-refractivity contribution in [2.75, 3.05) is 33.3 Å². The van der Waals surface area contributed by atoms with E-state index in [2.05, 4.69) is 0 Å². The fourth-order valence-electron chi connectivity index (χ4n) is 3.17. The molecule has 0 bridgehead atoms. The van der Waals surface area contributed by atoms with E-state index in [0.717, 1.165) is 0 Å². The lowest BCUT2D eigenvalue weighted by atomic mass is 9.89. The molecule has 1 heterocycles. The molecule has 1 saturated heterocycles. The van der Waals surface area contributed by atoms with Gasteiger partial charge in [0.05, 0.1) is 40.2 Å². The molecule has 0 spiro atoms. The highest BCUT2D eigenvalue weighted by molar-refractivity contribution is 6.05. The summed E-state index contributed by atoms with van der Waals surface area (Å²) in [4.78, 5) is 13.7. The Morgan fingerprint density at radius 3 is 2.00 bits per heavy atom. The maximum absolute atomic E-state index is 14.1. The second-order valence-corrected chi connectivity index (χ2v) is 5.88. The molecule has 0 aromatic heterocycles. The number of aliphatic hydroxyl groups is 1. The van der Waals surface area contributed by atoms with Gasteiger partial charge in [-0.05, 0) is 17.7 Å². The van der Waals surface area contributed by atoms with Crippen molar-refractivity contribution in [2.45, 2.75) is 12.1 Å². The Bertz CT molecular complexity index is 846. The fourth-order valence-corrected chi connectivity index (χ4v) is 3.17. The van der Waals surface area contributed by atoms with Crippen LogP contribution in [0.3, 0.4) is 0 Å². The van der Waals surface area contributed by atoms with Gasteiger partial charge in [0.2, 0.25) is 5.75 Å². The molecule has 1 aliphatic rings. The standard InChI is InChI=1S/C19H20FNO6/c1-24-13-6-5-10(7-12(13)20)16-17(22)19(23)21(16)11-8-14(25-2)18(27-4)15(9-11)26-3/h5-9,16-17,22H,1-4H3/t16-,17-/m0/s1. The molecule has 0 saturated carbocycles. The molecule has 3 rings (SSSR count). The van der Waals surface area contributed by atoms with E-state index in [4.69, 9.17) is 18.9 Å². The average molecular weight is 377 g/mol. The minimum absolute atomic E-state index is 0.0817. The van der Waals surface area contributed by atoms with Crippen LogP contribution >= 0.6 is 0 Å². The van der Waals surface area contributed by atoms with Crippen LogP contribution in [-0.2, 0) is 4.79 Å². The first-order valence-electron chi connectivity index (χ1n) is 8.11. The maximum Gasteiger partial charge on any atom is 0.259 e. The van der Waals surface area contributed by atoms with Gasteiger partial charge in [-0.15, -0.1) is 0 Å². The summed E-state index contributed by atoms with van der Waals surface area (Å²) in [5, 5.41) is 10.2. The molecule has 8 heteroatoms. The Morgan fingerprint density at radius 2 is 1.52 bits per heavy atom. The predicted octanol–water partition coefficient (Wildman–Crippen LogP) is 2.31. The molecular formula is C19H20FNO6. The number of β-lactam (4-membered cyclic amide) rings is 1. The van der Waals surface area contributed by atoms with Crippen LogP contribution in [0.5, 0.6) is 23.0 Å². The van der Waals surface area contributed by atoms with Gasteiger partial charge in [-0.1, -0.05) is 6.07 Å². The fraction of sp³-hybridized carbons (Fsp3) is 0.316. The van der Waals surface area contributed by atoms with Crippen LogP contribution in [0.4, 0.5) is 10.1 Å². The zero-order valence-electron chi connectivity index (χ0n) is 15.4. The van der Waals surface area contributed by atoms with Crippen LogP contribution in [0.25, 0.3) is 0 Å². The van der Waals surface area contributed by atoms with Gasteiger partial charge in [-0.25, -0.2) is 4.39 Å². The first-order valence-corrected chi connectivity index (χ1v) is 8.11. The SMILES string of the molecule is COc1ccc([C@H]2[C@H](O)C(=O)N2c2cc(OC)c(OC)c(OC)c2)cc1F. The van der Waals surface area contributed by atoms with Gasteiger partial charge in [0, 0.05) is 12.1 Å². The number of benzene rings is 2. The van der Waals surface area contributed by atoms with Crippen molar-refractivity contribution < 1.29 is 33.2 Å². The molecule has 1 aliphatic heterocycles. The number of hydrogen-bond donors (Lipinski definition) is 1. The number of hydrogen-bond acceptors (Lipinski definition) is 6. The third kappa shape index (κ3) is 3.02. The van der Waals surface area contributed by atoms with Crippen LogP contribution in [0.2, 0.25) is 0 Å². The van der Waals surface area contributed by atoms with Gasteiger partial charge in [0.1, 0.15) is 0 Å². The van der Waals surface area contributed by atoms with Crippen molar-refractivity contribution in [3.05, 3.63) is 41.7 Å². The minimum Gasteiger partial charge on any atom is -0.494 e. The highest BCUT2D eigenvalue weighted by atomic mass is 19.1. The zero-order chi connectivity index (χ0) is 19.7. The number of nitrogens with zero attached hydrogens (tertiary/aromatic N) is 1. The highest BCUT2D eigenvalue weighted by Crippen LogP contribution is 2.46. The van der Waals surface area contributed by atoms with Gasteiger partial charge in [-0.3, -0.25) is 9.69 Å². The number of methoxy groups -OCH3 is 4. The first-order chi connectivity index (χ1) is 13.0. The normalized spacial score (nSPS) is 18.7. The Kier molecular flexibility index (Phi) is 5.09. The Balaban J connectivity index is 2.05. The molecule has 1 amide bonds. The van der Waals surface area contributed by atoms with E-state index in [0.29, 0.717) is 28.5 Å². The molecule has 2 aromatic rings. The summed E-state index contributed by atoms with van der Waals surface area (Å²) in [6, 6.07) is 6.74. The molecule has 1 fully saturated rings. The third-order valence-electron chi connectivity index (χ3n) is 4.51. The summed E-state index contributed by atoms with van der Waals surface area (Å²) >= 11 is 0. The largest absolute Gasteiger partial charge is 0.494 e. The zero-order valence-corrected chi connectivity index (χ0v) is 15.4. The summed E-state index contributed by atoms with van der Waals surface area (Å²) in [6.07, 6.45) is -1.28. The van der Waals surface area contributed by atoms with Gasteiger partial charge >= 0.3 is 0 Å². The molecule has 0 aliphatic carbocycles. The van der Waals surface area contributed by atoms with Gasteiger partial charge in [0.25, 0.3) is 5.91 Å². The minimum atomic E-state index is -1.28. The summed E-state index contributed by atoms with van der Waals surface area (Å²) in [6.45, 7) is 0. The number of rotatable bonds is 6. The lowest BCUT2D eigenvalue weighted by Crippen LogP contribution is -2.59. The van der Waals surface area contributed by atoms with Crippen LogP contribution in [0, 0.1) is 5.82 Å². The molecule has 2 atom stereocenters. The number of anilines is 1. The van der Waals surface area contributed by atoms with E-state index >= 15 is 0 Å². The second-order valence-electron chi connectivity index (χ2n) is 5.88. The number of carbonyl (C=O) groups excluding carboxylic acids is 1. The van der Waals surface area contributed by atoms with E-state index in [9.17, 15) is 14.3 Å². The van der Waals surface area contributed by atoms with E-state index < -0.39 is 23.9 Å². The molecule has 2 aromatic carbocycles. The first kappa shape index (κ1) is 18.8.